The van der Waals surface area contributed by atoms with Gasteiger partial charge in [-0.2, -0.15) is 4.98 Å². The summed E-state index contributed by atoms with van der Waals surface area (Å²) in [7, 11) is 0. The Balaban J connectivity index is 0.00000161. The summed E-state index contributed by atoms with van der Waals surface area (Å²) in [5.74, 6) is 0.359. The molecule has 2 aromatic rings. The van der Waals surface area contributed by atoms with Gasteiger partial charge in [0, 0.05) is 17.8 Å². The van der Waals surface area contributed by atoms with Gasteiger partial charge in [-0.15, -0.1) is 12.4 Å². The second-order valence-electron chi connectivity index (χ2n) is 4.67. The Kier molecular flexibility index (Phi) is 4.89. The molecule has 112 valence electrons. The maximum Gasteiger partial charge on any atom is 0.241 e. The highest BCUT2D eigenvalue weighted by atomic mass is 35.5. The minimum atomic E-state index is -0.452. The molecule has 2 unspecified atom stereocenters. The van der Waals surface area contributed by atoms with Crippen molar-refractivity contribution in [3.05, 3.63) is 30.7 Å². The van der Waals surface area contributed by atoms with Crippen LogP contribution in [0.25, 0.3) is 11.4 Å². The van der Waals surface area contributed by atoms with E-state index in [1.807, 2.05) is 0 Å². The number of amides is 1. The molecular formula is C13H15ClN4O3. The minimum absolute atomic E-state index is 0. The molecule has 1 amide bonds. The third-order valence-corrected chi connectivity index (χ3v) is 3.20. The topological polar surface area (TPSA) is 100 Å². The molecule has 1 aromatic carbocycles. The molecule has 0 saturated carbocycles. The van der Waals surface area contributed by atoms with E-state index in [1.54, 1.807) is 24.3 Å². The lowest BCUT2D eigenvalue weighted by Crippen LogP contribution is -2.35. The van der Waals surface area contributed by atoms with Crippen LogP contribution in [-0.2, 0) is 4.79 Å². The highest BCUT2D eigenvalue weighted by Gasteiger charge is 2.27. The van der Waals surface area contributed by atoms with Crippen molar-refractivity contribution in [2.75, 3.05) is 11.9 Å². The molecular weight excluding hydrogens is 296 g/mol. The van der Waals surface area contributed by atoms with Gasteiger partial charge < -0.3 is 20.3 Å². The van der Waals surface area contributed by atoms with E-state index in [-0.39, 0.29) is 24.4 Å². The first-order valence-corrected chi connectivity index (χ1v) is 6.31. The number of hydrogen-bond donors (Lipinski definition) is 3. The Hall–Kier alpha value is -1.96. The normalized spacial score (nSPS) is 20.8. The number of halogens is 1. The minimum Gasteiger partial charge on any atom is -0.392 e. The van der Waals surface area contributed by atoms with Gasteiger partial charge in [-0.25, -0.2) is 0 Å². The highest BCUT2D eigenvalue weighted by Crippen LogP contribution is 2.18. The van der Waals surface area contributed by atoms with Crippen LogP contribution in [0.5, 0.6) is 0 Å². The summed E-state index contributed by atoms with van der Waals surface area (Å²) in [6.07, 6.45) is 1.25. The van der Waals surface area contributed by atoms with Gasteiger partial charge in [-0.3, -0.25) is 4.79 Å². The van der Waals surface area contributed by atoms with Crippen molar-refractivity contribution >= 4 is 24.0 Å². The number of aromatic nitrogens is 2. The quantitative estimate of drug-likeness (QED) is 0.776. The highest BCUT2D eigenvalue weighted by molar-refractivity contribution is 5.95. The zero-order valence-corrected chi connectivity index (χ0v) is 11.8. The van der Waals surface area contributed by atoms with E-state index in [4.69, 9.17) is 0 Å². The third kappa shape index (κ3) is 3.57. The number of hydrogen-bond acceptors (Lipinski definition) is 6. The Morgan fingerprint density at radius 2 is 2.14 bits per heavy atom. The summed E-state index contributed by atoms with van der Waals surface area (Å²) in [6.45, 7) is 0.453. The van der Waals surface area contributed by atoms with Gasteiger partial charge in [0.2, 0.25) is 18.1 Å². The largest absolute Gasteiger partial charge is 0.392 e. The average Bonchev–Trinajstić information content (AvgIpc) is 3.10. The molecule has 1 aliphatic heterocycles. The number of anilines is 1. The van der Waals surface area contributed by atoms with Crippen LogP contribution in [0.4, 0.5) is 5.69 Å². The molecule has 1 aliphatic rings. The standard InChI is InChI=1S/C13H14N4O3.ClH/c18-10-5-11(14-6-10)13(19)16-9-3-1-8(2-4-9)12-15-7-20-17-12;/h1-4,7,10-11,14,18H,5-6H2,(H,16,19);1H. The smallest absolute Gasteiger partial charge is 0.241 e. The van der Waals surface area contributed by atoms with E-state index in [0.717, 1.165) is 5.56 Å². The van der Waals surface area contributed by atoms with Crippen molar-refractivity contribution in [1.82, 2.24) is 15.5 Å². The summed E-state index contributed by atoms with van der Waals surface area (Å²) < 4.78 is 4.68. The molecule has 0 aliphatic carbocycles. The number of benzene rings is 1. The molecule has 1 saturated heterocycles. The SMILES string of the molecule is Cl.O=C(Nc1ccc(-c2ncon2)cc1)C1CC(O)CN1. The lowest BCUT2D eigenvalue weighted by Gasteiger charge is -2.11. The summed E-state index contributed by atoms with van der Waals surface area (Å²) in [5.41, 5.74) is 1.50. The first-order chi connectivity index (χ1) is 9.72. The van der Waals surface area contributed by atoms with Gasteiger partial charge in [0.15, 0.2) is 0 Å². The fraction of sp³-hybridized carbons (Fsp3) is 0.308. The number of nitrogens with zero attached hydrogens (tertiary/aromatic N) is 2. The Morgan fingerprint density at radius 3 is 2.71 bits per heavy atom. The molecule has 0 bridgehead atoms. The van der Waals surface area contributed by atoms with Crippen LogP contribution in [0.15, 0.2) is 35.2 Å². The fourth-order valence-corrected chi connectivity index (χ4v) is 2.15. The summed E-state index contributed by atoms with van der Waals surface area (Å²) in [5, 5.41) is 18.9. The first kappa shape index (κ1) is 15.4. The zero-order valence-electron chi connectivity index (χ0n) is 11.0. The van der Waals surface area contributed by atoms with Crippen molar-refractivity contribution in [2.45, 2.75) is 18.6 Å². The lowest BCUT2D eigenvalue weighted by atomic mass is 10.1. The van der Waals surface area contributed by atoms with Crippen LogP contribution in [0.1, 0.15) is 6.42 Å². The Bertz CT molecular complexity index is 588. The van der Waals surface area contributed by atoms with E-state index >= 15 is 0 Å². The second kappa shape index (κ2) is 6.66. The zero-order chi connectivity index (χ0) is 13.9. The van der Waals surface area contributed by atoms with Crippen LogP contribution in [-0.4, -0.2) is 39.8 Å². The van der Waals surface area contributed by atoms with E-state index in [1.165, 1.54) is 6.39 Å². The summed E-state index contributed by atoms with van der Waals surface area (Å²) in [4.78, 5) is 15.9. The maximum atomic E-state index is 11.9. The number of aliphatic hydroxyl groups is 1. The van der Waals surface area contributed by atoms with Gasteiger partial charge >= 0.3 is 0 Å². The van der Waals surface area contributed by atoms with Gasteiger partial charge in [0.25, 0.3) is 0 Å². The number of carbonyl (C=O) groups is 1. The number of carbonyl (C=O) groups excluding carboxylic acids is 1. The summed E-state index contributed by atoms with van der Waals surface area (Å²) >= 11 is 0. The Labute approximate surface area is 127 Å². The second-order valence-corrected chi connectivity index (χ2v) is 4.67. The molecule has 1 fully saturated rings. The molecule has 1 aromatic heterocycles. The molecule has 0 radical (unpaired) electrons. The lowest BCUT2D eigenvalue weighted by molar-refractivity contribution is -0.117. The van der Waals surface area contributed by atoms with Gasteiger partial charge in [0.05, 0.1) is 12.1 Å². The summed E-state index contributed by atoms with van der Waals surface area (Å²) in [6, 6.07) is 6.81. The van der Waals surface area contributed by atoms with Crippen molar-refractivity contribution in [2.24, 2.45) is 0 Å². The number of β-amino-alcohol motifs (C(OH)–C–C–N with tert-alkyl or cyclic N) is 1. The van der Waals surface area contributed by atoms with Crippen molar-refractivity contribution in [1.29, 1.82) is 0 Å². The van der Waals surface area contributed by atoms with E-state index < -0.39 is 6.10 Å². The van der Waals surface area contributed by atoms with E-state index in [9.17, 15) is 9.90 Å². The van der Waals surface area contributed by atoms with Crippen molar-refractivity contribution in [3.8, 4) is 11.4 Å². The van der Waals surface area contributed by atoms with Crippen molar-refractivity contribution < 1.29 is 14.4 Å². The maximum absolute atomic E-state index is 11.9. The van der Waals surface area contributed by atoms with E-state index in [0.29, 0.717) is 24.5 Å². The molecule has 21 heavy (non-hydrogen) atoms. The predicted molar refractivity (Wildman–Crippen MR) is 78.0 cm³/mol. The molecule has 3 N–H and O–H groups in total. The molecule has 0 spiro atoms. The molecule has 2 heterocycles. The van der Waals surface area contributed by atoms with E-state index in [2.05, 4.69) is 25.3 Å². The van der Waals surface area contributed by atoms with Gasteiger partial charge in [-0.05, 0) is 30.7 Å². The number of nitrogens with one attached hydrogen (secondary N) is 2. The van der Waals surface area contributed by atoms with Crippen LogP contribution in [0.2, 0.25) is 0 Å². The van der Waals surface area contributed by atoms with Crippen LogP contribution in [0.3, 0.4) is 0 Å². The molecule has 8 heteroatoms. The fourth-order valence-electron chi connectivity index (χ4n) is 2.15. The van der Waals surface area contributed by atoms with Crippen molar-refractivity contribution in [3.63, 3.8) is 0 Å². The molecule has 7 nitrogen and oxygen atoms in total. The number of rotatable bonds is 3. The third-order valence-electron chi connectivity index (χ3n) is 3.20. The average molecular weight is 311 g/mol. The number of aliphatic hydroxyl groups excluding tert-OH is 1. The predicted octanol–water partition coefficient (Wildman–Crippen LogP) is 0.820. The van der Waals surface area contributed by atoms with Crippen LogP contribution >= 0.6 is 12.4 Å². The van der Waals surface area contributed by atoms with Crippen LogP contribution < -0.4 is 10.6 Å². The van der Waals surface area contributed by atoms with Gasteiger partial charge in [-0.1, -0.05) is 5.16 Å². The van der Waals surface area contributed by atoms with Crippen LogP contribution in [0, 0.1) is 0 Å². The molecule has 3 rings (SSSR count). The van der Waals surface area contributed by atoms with Gasteiger partial charge in [0.1, 0.15) is 0 Å². The molecule has 2 atom stereocenters. The Morgan fingerprint density at radius 1 is 1.38 bits per heavy atom. The first-order valence-electron chi connectivity index (χ1n) is 6.31. The monoisotopic (exact) mass is 310 g/mol.